The van der Waals surface area contributed by atoms with Crippen molar-refractivity contribution in [1.29, 1.82) is 0 Å². The number of nitrogens with one attached hydrogen (secondary N) is 1. The summed E-state index contributed by atoms with van der Waals surface area (Å²) in [6.07, 6.45) is 12.8. The summed E-state index contributed by atoms with van der Waals surface area (Å²) in [7, 11) is 0. The van der Waals surface area contributed by atoms with Crippen LogP contribution >= 0.6 is 0 Å². The average molecular weight is 413 g/mol. The Morgan fingerprint density at radius 1 is 1.19 bits per heavy atom. The highest BCUT2D eigenvalue weighted by Gasteiger charge is 2.17. The fourth-order valence-corrected chi connectivity index (χ4v) is 3.61. The van der Waals surface area contributed by atoms with Crippen LogP contribution in [0, 0.1) is 6.92 Å². The van der Waals surface area contributed by atoms with Gasteiger partial charge in [0.15, 0.2) is 5.69 Å². The van der Waals surface area contributed by atoms with Crippen LogP contribution in [0.4, 0.5) is 5.69 Å². The SMILES string of the molecule is Cc1cccc2nc(CNC(=O)c3ncccc3N)n(C3=CC=CC=CCC3)c(=O)c12. The van der Waals surface area contributed by atoms with Crippen LogP contribution < -0.4 is 16.6 Å². The van der Waals surface area contributed by atoms with Crippen LogP contribution in [0.3, 0.4) is 0 Å². The van der Waals surface area contributed by atoms with Crippen molar-refractivity contribution in [3.63, 3.8) is 0 Å². The third-order valence-electron chi connectivity index (χ3n) is 5.14. The van der Waals surface area contributed by atoms with Crippen molar-refractivity contribution in [3.05, 3.63) is 94.3 Å². The van der Waals surface area contributed by atoms with Gasteiger partial charge in [0.05, 0.1) is 23.1 Å². The molecule has 3 N–H and O–H groups in total. The van der Waals surface area contributed by atoms with E-state index in [-0.39, 0.29) is 17.8 Å². The van der Waals surface area contributed by atoms with Crippen LogP contribution in [0.15, 0.2) is 71.7 Å². The summed E-state index contributed by atoms with van der Waals surface area (Å²) in [4.78, 5) is 34.9. The summed E-state index contributed by atoms with van der Waals surface area (Å²) in [6.45, 7) is 1.96. The summed E-state index contributed by atoms with van der Waals surface area (Å²) in [5.41, 5.74) is 8.45. The quantitative estimate of drug-likeness (QED) is 0.683. The molecule has 0 unspecified atom stereocenters. The normalized spacial score (nSPS) is 13.5. The number of nitrogens with two attached hydrogens (primary N) is 1. The molecule has 156 valence electrons. The van der Waals surface area contributed by atoms with E-state index in [2.05, 4.69) is 16.4 Å². The van der Waals surface area contributed by atoms with Gasteiger partial charge in [0.25, 0.3) is 11.5 Å². The predicted octanol–water partition coefficient (Wildman–Crippen LogP) is 3.36. The third kappa shape index (κ3) is 4.16. The molecule has 3 aromatic rings. The number of carbonyl (C=O) groups is 1. The number of amides is 1. The van der Waals surface area contributed by atoms with Crippen molar-refractivity contribution >= 4 is 28.2 Å². The number of benzene rings is 1. The van der Waals surface area contributed by atoms with Crippen molar-refractivity contribution in [2.75, 3.05) is 5.73 Å². The molecule has 2 aromatic heterocycles. The molecule has 4 rings (SSSR count). The minimum absolute atomic E-state index is 0.0604. The van der Waals surface area contributed by atoms with Crippen LogP contribution in [0.5, 0.6) is 0 Å². The number of nitrogen functional groups attached to an aromatic ring is 1. The zero-order valence-electron chi connectivity index (χ0n) is 17.2. The molecule has 0 saturated heterocycles. The van der Waals surface area contributed by atoms with E-state index in [1.807, 2.05) is 49.4 Å². The number of rotatable bonds is 4. The van der Waals surface area contributed by atoms with Crippen molar-refractivity contribution in [3.8, 4) is 0 Å². The topological polar surface area (TPSA) is 103 Å². The average Bonchev–Trinajstić information content (AvgIpc) is 2.73. The van der Waals surface area contributed by atoms with Gasteiger partial charge in [-0.1, -0.05) is 36.4 Å². The molecule has 0 bridgehead atoms. The summed E-state index contributed by atoms with van der Waals surface area (Å²) in [6, 6.07) is 8.86. The van der Waals surface area contributed by atoms with Gasteiger partial charge < -0.3 is 11.1 Å². The molecule has 0 atom stereocenters. The van der Waals surface area contributed by atoms with E-state index >= 15 is 0 Å². The summed E-state index contributed by atoms with van der Waals surface area (Å²) in [5, 5.41) is 3.38. The highest BCUT2D eigenvalue weighted by molar-refractivity contribution is 5.97. The fraction of sp³-hybridized carbons (Fsp3) is 0.167. The van der Waals surface area contributed by atoms with Crippen molar-refractivity contribution < 1.29 is 4.79 Å². The Morgan fingerprint density at radius 2 is 2.06 bits per heavy atom. The molecule has 0 fully saturated rings. The lowest BCUT2D eigenvalue weighted by molar-refractivity contribution is 0.0945. The van der Waals surface area contributed by atoms with E-state index in [0.717, 1.165) is 17.7 Å². The van der Waals surface area contributed by atoms with Gasteiger partial charge >= 0.3 is 0 Å². The molecule has 2 heterocycles. The number of fused-ring (bicyclic) bond motifs is 1. The lowest BCUT2D eigenvalue weighted by atomic mass is 10.1. The van der Waals surface area contributed by atoms with E-state index < -0.39 is 5.91 Å². The molecule has 7 heteroatoms. The highest BCUT2D eigenvalue weighted by atomic mass is 16.2. The molecule has 1 amide bonds. The second-order valence-electron chi connectivity index (χ2n) is 7.27. The first kappa shape index (κ1) is 20.3. The Labute approximate surface area is 179 Å². The van der Waals surface area contributed by atoms with Crippen molar-refractivity contribution in [1.82, 2.24) is 19.9 Å². The molecule has 0 saturated carbocycles. The molecule has 7 nitrogen and oxygen atoms in total. The van der Waals surface area contributed by atoms with Crippen LogP contribution in [0.1, 0.15) is 34.7 Å². The molecular formula is C24H23N5O2. The lowest BCUT2D eigenvalue weighted by Gasteiger charge is -2.18. The predicted molar refractivity (Wildman–Crippen MR) is 122 cm³/mol. The number of aromatic nitrogens is 3. The van der Waals surface area contributed by atoms with Crippen molar-refractivity contribution in [2.24, 2.45) is 0 Å². The molecule has 31 heavy (non-hydrogen) atoms. The number of nitrogens with zero attached hydrogens (tertiary/aromatic N) is 3. The fourth-order valence-electron chi connectivity index (χ4n) is 3.61. The number of pyridine rings is 1. The minimum Gasteiger partial charge on any atom is -0.397 e. The zero-order chi connectivity index (χ0) is 21.8. The highest BCUT2D eigenvalue weighted by Crippen LogP contribution is 2.19. The molecule has 1 aliphatic carbocycles. The first-order chi connectivity index (χ1) is 15.1. The first-order valence-corrected chi connectivity index (χ1v) is 10.1. The largest absolute Gasteiger partial charge is 0.397 e. The van der Waals surface area contributed by atoms with Crippen LogP contribution in [-0.4, -0.2) is 20.4 Å². The maximum atomic E-state index is 13.5. The van der Waals surface area contributed by atoms with Gasteiger partial charge in [0.2, 0.25) is 0 Å². The summed E-state index contributed by atoms with van der Waals surface area (Å²) >= 11 is 0. The minimum atomic E-state index is -0.419. The van der Waals surface area contributed by atoms with Crippen LogP contribution in [0.25, 0.3) is 16.6 Å². The van der Waals surface area contributed by atoms with E-state index in [1.54, 1.807) is 16.7 Å². The Hall–Kier alpha value is -4.00. The summed E-state index contributed by atoms with van der Waals surface area (Å²) < 4.78 is 1.61. The molecule has 1 aromatic carbocycles. The van der Waals surface area contributed by atoms with E-state index in [9.17, 15) is 9.59 Å². The smallest absolute Gasteiger partial charge is 0.272 e. The zero-order valence-corrected chi connectivity index (χ0v) is 17.2. The molecule has 1 aliphatic rings. The number of anilines is 1. The van der Waals surface area contributed by atoms with Gasteiger partial charge in [0.1, 0.15) is 5.82 Å². The van der Waals surface area contributed by atoms with E-state index in [1.165, 1.54) is 6.20 Å². The van der Waals surface area contributed by atoms with Gasteiger partial charge in [-0.2, -0.15) is 0 Å². The Morgan fingerprint density at radius 3 is 2.90 bits per heavy atom. The third-order valence-corrected chi connectivity index (χ3v) is 5.14. The second kappa shape index (κ2) is 8.79. The van der Waals surface area contributed by atoms with Crippen molar-refractivity contribution in [2.45, 2.75) is 26.3 Å². The molecular weight excluding hydrogens is 390 g/mol. The molecule has 0 spiro atoms. The van der Waals surface area contributed by atoms with Gasteiger partial charge in [-0.3, -0.25) is 14.2 Å². The first-order valence-electron chi connectivity index (χ1n) is 10.1. The number of allylic oxidation sites excluding steroid dienone is 6. The Kier molecular flexibility index (Phi) is 5.75. The second-order valence-corrected chi connectivity index (χ2v) is 7.27. The maximum Gasteiger partial charge on any atom is 0.272 e. The van der Waals surface area contributed by atoms with Gasteiger partial charge in [0, 0.05) is 11.9 Å². The van der Waals surface area contributed by atoms with Gasteiger partial charge in [-0.25, -0.2) is 9.97 Å². The monoisotopic (exact) mass is 413 g/mol. The Balaban J connectivity index is 1.79. The maximum absolute atomic E-state index is 13.5. The van der Waals surface area contributed by atoms with E-state index in [4.69, 9.17) is 10.7 Å². The Bertz CT molecular complexity index is 1300. The molecule has 0 aliphatic heterocycles. The summed E-state index contributed by atoms with van der Waals surface area (Å²) in [5.74, 6) is 0.0351. The van der Waals surface area contributed by atoms with Crippen LogP contribution in [0.2, 0.25) is 0 Å². The van der Waals surface area contributed by atoms with Crippen LogP contribution in [-0.2, 0) is 6.54 Å². The van der Waals surface area contributed by atoms with Gasteiger partial charge in [-0.15, -0.1) is 0 Å². The number of aryl methyl sites for hydroxylation is 1. The number of carbonyl (C=O) groups excluding carboxylic acids is 1. The number of hydrogen-bond acceptors (Lipinski definition) is 5. The van der Waals surface area contributed by atoms with E-state index in [0.29, 0.717) is 28.8 Å². The molecule has 0 radical (unpaired) electrons. The number of hydrogen-bond donors (Lipinski definition) is 2. The lowest BCUT2D eigenvalue weighted by Crippen LogP contribution is -2.31. The van der Waals surface area contributed by atoms with Gasteiger partial charge in [-0.05, 0) is 49.6 Å². The standard InChI is InChI=1S/C24H23N5O2/c1-16-9-7-13-19-21(16)24(31)29(17-10-5-3-2-4-6-11-17)20(28-19)15-27-23(30)22-18(25)12-8-14-26-22/h2-5,7-10,12-14H,6,11,15,25H2,1H3,(H,27,30).